The van der Waals surface area contributed by atoms with Gasteiger partial charge in [0.25, 0.3) is 0 Å². The molecule has 0 atom stereocenters. The average Bonchev–Trinajstić information content (AvgIpc) is 3.87. The molecule has 292 valence electrons. The van der Waals surface area contributed by atoms with Crippen molar-refractivity contribution in [1.82, 2.24) is 19.5 Å². The molecule has 3 aromatic heterocycles. The maximum absolute atomic E-state index is 4.99. The van der Waals surface area contributed by atoms with Gasteiger partial charge in [-0.25, -0.2) is 15.0 Å². The summed E-state index contributed by atoms with van der Waals surface area (Å²) in [4.78, 5) is 17.3. The summed E-state index contributed by atoms with van der Waals surface area (Å²) in [6, 6.07) is 73.4. The molecule has 0 spiro atoms. The lowest BCUT2D eigenvalue weighted by Crippen LogP contribution is -2.10. The normalized spacial score (nSPS) is 11.6. The van der Waals surface area contributed by atoms with Crippen LogP contribution in [0.2, 0.25) is 0 Å². The lowest BCUT2D eigenvalue weighted by molar-refractivity contribution is 1.07. The number of para-hydroxylation sites is 1. The molecule has 9 aromatic carbocycles. The van der Waals surface area contributed by atoms with Gasteiger partial charge in [-0.1, -0.05) is 133 Å². The van der Waals surface area contributed by atoms with Gasteiger partial charge in [0.15, 0.2) is 17.5 Å². The minimum Gasteiger partial charge on any atom is -0.309 e. The van der Waals surface area contributed by atoms with E-state index in [1.807, 2.05) is 72.0 Å². The third kappa shape index (κ3) is 6.11. The molecule has 0 unspecified atom stereocenters. The van der Waals surface area contributed by atoms with Crippen molar-refractivity contribution in [3.63, 3.8) is 0 Å². The Labute approximate surface area is 362 Å². The van der Waals surface area contributed by atoms with Crippen molar-refractivity contribution < 1.29 is 0 Å². The van der Waals surface area contributed by atoms with Crippen LogP contribution in [0.4, 0.5) is 17.1 Å². The van der Waals surface area contributed by atoms with Crippen molar-refractivity contribution in [2.45, 2.75) is 6.92 Å². The van der Waals surface area contributed by atoms with E-state index in [0.717, 1.165) is 44.8 Å². The topological polar surface area (TPSA) is 46.8 Å². The quantitative estimate of drug-likeness (QED) is 0.161. The van der Waals surface area contributed by atoms with Crippen molar-refractivity contribution in [1.29, 1.82) is 0 Å². The van der Waals surface area contributed by atoms with Gasteiger partial charge in [-0.2, -0.15) is 0 Å². The highest BCUT2D eigenvalue weighted by Crippen LogP contribution is 2.46. The Balaban J connectivity index is 1.00. The van der Waals surface area contributed by atoms with E-state index in [1.54, 1.807) is 0 Å². The summed E-state index contributed by atoms with van der Waals surface area (Å²) >= 11 is 1.87. The summed E-state index contributed by atoms with van der Waals surface area (Å²) < 4.78 is 4.94. The second-order valence-electron chi connectivity index (χ2n) is 15.8. The molecule has 0 aliphatic rings. The standard InChI is InChI=1S/C56H37N5S/c1-36-23-32-52-48(33-36)46-20-12-22-51(53(46)62-52)60(43-29-24-37-13-8-9-18-41(37)34-43)44-30-31-50-47(35-44)45-19-10-11-21-49(45)61(50)42-27-25-40(26-28-42)56-58-54(38-14-4-2-5-15-38)57-55(59-56)39-16-6-3-7-17-39/h2-35H,1H3. The van der Waals surface area contributed by atoms with Gasteiger partial charge in [-0.3, -0.25) is 0 Å². The van der Waals surface area contributed by atoms with Crippen LogP contribution in [0.3, 0.4) is 0 Å². The van der Waals surface area contributed by atoms with E-state index in [4.69, 9.17) is 15.0 Å². The zero-order chi connectivity index (χ0) is 41.1. The van der Waals surface area contributed by atoms with Gasteiger partial charge in [-0.15, -0.1) is 11.3 Å². The third-order valence-electron chi connectivity index (χ3n) is 11.9. The summed E-state index contributed by atoms with van der Waals surface area (Å²) in [5.74, 6) is 1.93. The molecule has 0 bridgehead atoms. The van der Waals surface area contributed by atoms with Crippen LogP contribution >= 0.6 is 11.3 Å². The Kier molecular flexibility index (Phi) is 8.50. The summed E-state index contributed by atoms with van der Waals surface area (Å²) in [6.45, 7) is 2.17. The largest absolute Gasteiger partial charge is 0.309 e. The highest BCUT2D eigenvalue weighted by Gasteiger charge is 2.21. The van der Waals surface area contributed by atoms with E-state index in [0.29, 0.717) is 17.5 Å². The second kappa shape index (κ2) is 14.7. The van der Waals surface area contributed by atoms with Gasteiger partial charge in [0.05, 0.1) is 21.4 Å². The number of hydrogen-bond acceptors (Lipinski definition) is 5. The minimum absolute atomic E-state index is 0.633. The molecule has 0 radical (unpaired) electrons. The van der Waals surface area contributed by atoms with E-state index in [1.165, 1.54) is 53.0 Å². The molecule has 0 saturated carbocycles. The first-order chi connectivity index (χ1) is 30.6. The molecule has 62 heavy (non-hydrogen) atoms. The maximum atomic E-state index is 4.99. The summed E-state index contributed by atoms with van der Waals surface area (Å²) in [7, 11) is 0. The number of benzene rings is 9. The first-order valence-corrected chi connectivity index (χ1v) is 21.7. The van der Waals surface area contributed by atoms with Crippen LogP contribution in [0.5, 0.6) is 0 Å². The van der Waals surface area contributed by atoms with Gasteiger partial charge >= 0.3 is 0 Å². The monoisotopic (exact) mass is 811 g/mol. The Morgan fingerprint density at radius 3 is 1.76 bits per heavy atom. The minimum atomic E-state index is 0.633. The number of thiophene rings is 1. The van der Waals surface area contributed by atoms with Crippen LogP contribution in [0.25, 0.3) is 92.6 Å². The SMILES string of the molecule is Cc1ccc2sc3c(N(c4ccc5ccccc5c4)c4ccc5c(c4)c4ccccc4n5-c4ccc(-c5nc(-c6ccccc6)nc(-c6ccccc6)n5)cc4)cccc3c2c1. The average molecular weight is 812 g/mol. The number of anilines is 3. The lowest BCUT2D eigenvalue weighted by Gasteiger charge is -2.26. The first kappa shape index (κ1) is 36.0. The molecule has 6 heteroatoms. The Hall–Kier alpha value is -7.93. The fourth-order valence-corrected chi connectivity index (χ4v) is 10.1. The van der Waals surface area contributed by atoms with E-state index >= 15 is 0 Å². The molecule has 0 aliphatic carbocycles. The van der Waals surface area contributed by atoms with Crippen molar-refractivity contribution >= 4 is 81.1 Å². The molecule has 12 rings (SSSR count). The second-order valence-corrected chi connectivity index (χ2v) is 16.8. The third-order valence-corrected chi connectivity index (χ3v) is 13.1. The van der Waals surface area contributed by atoms with Crippen molar-refractivity contribution in [2.24, 2.45) is 0 Å². The summed E-state index contributed by atoms with van der Waals surface area (Å²) in [5.41, 5.74) is 10.8. The molecule has 12 aromatic rings. The van der Waals surface area contributed by atoms with E-state index < -0.39 is 0 Å². The van der Waals surface area contributed by atoms with E-state index in [2.05, 4.69) is 162 Å². The van der Waals surface area contributed by atoms with Crippen LogP contribution < -0.4 is 4.90 Å². The number of fused-ring (bicyclic) bond motifs is 7. The molecule has 0 fully saturated rings. The fourth-order valence-electron chi connectivity index (χ4n) is 8.89. The van der Waals surface area contributed by atoms with Crippen LogP contribution in [-0.2, 0) is 0 Å². The van der Waals surface area contributed by atoms with Crippen LogP contribution in [0, 0.1) is 6.92 Å². The van der Waals surface area contributed by atoms with Crippen molar-refractivity contribution in [3.8, 4) is 39.9 Å². The van der Waals surface area contributed by atoms with E-state index in [9.17, 15) is 0 Å². The highest BCUT2D eigenvalue weighted by atomic mass is 32.1. The Bertz CT molecular complexity index is 3590. The number of nitrogens with zero attached hydrogens (tertiary/aromatic N) is 5. The molecule has 0 amide bonds. The van der Waals surface area contributed by atoms with Crippen LogP contribution in [0.15, 0.2) is 206 Å². The Morgan fingerprint density at radius 1 is 0.419 bits per heavy atom. The predicted octanol–water partition coefficient (Wildman–Crippen LogP) is 15.3. The van der Waals surface area contributed by atoms with Crippen molar-refractivity contribution in [2.75, 3.05) is 4.90 Å². The highest BCUT2D eigenvalue weighted by molar-refractivity contribution is 7.26. The Morgan fingerprint density at radius 2 is 1.02 bits per heavy atom. The van der Waals surface area contributed by atoms with Crippen LogP contribution in [0.1, 0.15) is 5.56 Å². The van der Waals surface area contributed by atoms with Gasteiger partial charge in [0, 0.05) is 60.0 Å². The first-order valence-electron chi connectivity index (χ1n) is 20.8. The summed E-state index contributed by atoms with van der Waals surface area (Å²) in [6.07, 6.45) is 0. The summed E-state index contributed by atoms with van der Waals surface area (Å²) in [5, 5.41) is 7.39. The van der Waals surface area contributed by atoms with Gasteiger partial charge in [0.1, 0.15) is 0 Å². The number of aryl methyl sites for hydroxylation is 1. The zero-order valence-electron chi connectivity index (χ0n) is 33.8. The van der Waals surface area contributed by atoms with E-state index in [-0.39, 0.29) is 0 Å². The van der Waals surface area contributed by atoms with Gasteiger partial charge in [0.2, 0.25) is 0 Å². The lowest BCUT2D eigenvalue weighted by atomic mass is 10.1. The van der Waals surface area contributed by atoms with Gasteiger partial charge < -0.3 is 9.47 Å². The molecule has 3 heterocycles. The fraction of sp³-hybridized carbons (Fsp3) is 0.0179. The molecular weight excluding hydrogens is 775 g/mol. The molecule has 0 saturated heterocycles. The zero-order valence-corrected chi connectivity index (χ0v) is 34.6. The smallest absolute Gasteiger partial charge is 0.164 e. The van der Waals surface area contributed by atoms with Crippen LogP contribution in [-0.4, -0.2) is 19.5 Å². The molecule has 0 N–H and O–H groups in total. The maximum Gasteiger partial charge on any atom is 0.164 e. The number of hydrogen-bond donors (Lipinski definition) is 0. The molecule has 5 nitrogen and oxygen atoms in total. The van der Waals surface area contributed by atoms with Crippen molar-refractivity contribution in [3.05, 3.63) is 212 Å². The number of aromatic nitrogens is 4. The molecule has 0 aliphatic heterocycles. The van der Waals surface area contributed by atoms with Gasteiger partial charge in [-0.05, 0) is 96.6 Å². The molecular formula is C56H37N5S. The number of rotatable bonds is 7. The predicted molar refractivity (Wildman–Crippen MR) is 260 cm³/mol.